The Kier molecular flexibility index (Phi) is 5.37. The number of carbonyl (C=O) groups is 1. The molecule has 3 rings (SSSR count). The third-order valence-electron chi connectivity index (χ3n) is 4.94. The molecule has 0 saturated carbocycles. The topological polar surface area (TPSA) is 45.2 Å². The molecule has 2 heterocycles. The second kappa shape index (κ2) is 7.68. The Morgan fingerprint density at radius 1 is 1.36 bits per heavy atom. The lowest BCUT2D eigenvalue weighted by Crippen LogP contribution is -2.39. The number of carbonyl (C=O) groups excluding carboxylic acids is 1. The number of piperidine rings is 1. The molecule has 1 N–H and O–H groups in total. The summed E-state index contributed by atoms with van der Waals surface area (Å²) in [6, 6.07) is 8.22. The van der Waals surface area contributed by atoms with E-state index >= 15 is 0 Å². The van der Waals surface area contributed by atoms with E-state index < -0.39 is 0 Å². The fourth-order valence-electron chi connectivity index (χ4n) is 3.53. The number of aryl methyl sites for hydroxylation is 2. The highest BCUT2D eigenvalue weighted by Gasteiger charge is 2.22. The molecule has 0 spiro atoms. The van der Waals surface area contributed by atoms with Crippen molar-refractivity contribution < 1.29 is 4.79 Å². The van der Waals surface area contributed by atoms with Crippen molar-refractivity contribution in [3.63, 3.8) is 0 Å². The lowest BCUT2D eigenvalue weighted by molar-refractivity contribution is 0.0682. The molecule has 1 atom stereocenters. The summed E-state index contributed by atoms with van der Waals surface area (Å²) in [7, 11) is 0. The van der Waals surface area contributed by atoms with E-state index in [2.05, 4.69) is 49.3 Å². The van der Waals surface area contributed by atoms with Crippen LogP contribution in [0.1, 0.15) is 48.2 Å². The van der Waals surface area contributed by atoms with Gasteiger partial charge in [0.15, 0.2) is 0 Å². The van der Waals surface area contributed by atoms with Crippen LogP contribution in [-0.4, -0.2) is 28.9 Å². The van der Waals surface area contributed by atoms with Gasteiger partial charge in [-0.3, -0.25) is 9.78 Å². The molecule has 0 bridgehead atoms. The summed E-state index contributed by atoms with van der Waals surface area (Å²) >= 11 is 0. The summed E-state index contributed by atoms with van der Waals surface area (Å²) < 4.78 is 0. The largest absolute Gasteiger partial charge is 0.354 e. The molecule has 1 unspecified atom stereocenters. The Balaban J connectivity index is 1.81. The highest BCUT2D eigenvalue weighted by molar-refractivity contribution is 5.95. The van der Waals surface area contributed by atoms with E-state index in [1.165, 1.54) is 17.5 Å². The Bertz CT molecular complexity index is 757. The van der Waals surface area contributed by atoms with E-state index in [-0.39, 0.29) is 5.91 Å². The van der Waals surface area contributed by atoms with Crippen LogP contribution in [0.2, 0.25) is 0 Å². The number of amides is 1. The Labute approximate surface area is 150 Å². The highest BCUT2D eigenvalue weighted by atomic mass is 16.2. The number of anilines is 2. The van der Waals surface area contributed by atoms with Crippen molar-refractivity contribution in [3.8, 4) is 0 Å². The van der Waals surface area contributed by atoms with Crippen LogP contribution < -0.4 is 5.32 Å². The lowest BCUT2D eigenvalue weighted by Gasteiger charge is -2.31. The smallest absolute Gasteiger partial charge is 0.255 e. The van der Waals surface area contributed by atoms with Crippen molar-refractivity contribution in [1.29, 1.82) is 0 Å². The molecule has 4 heteroatoms. The summed E-state index contributed by atoms with van der Waals surface area (Å²) in [5.74, 6) is 0.661. The van der Waals surface area contributed by atoms with Crippen LogP contribution in [0.5, 0.6) is 0 Å². The van der Waals surface area contributed by atoms with Crippen LogP contribution in [0.15, 0.2) is 36.7 Å². The van der Waals surface area contributed by atoms with E-state index in [9.17, 15) is 4.79 Å². The Hall–Kier alpha value is -2.36. The first-order chi connectivity index (χ1) is 12.1. The van der Waals surface area contributed by atoms with Gasteiger partial charge in [0.1, 0.15) is 0 Å². The molecular formula is C21H27N3O. The summed E-state index contributed by atoms with van der Waals surface area (Å²) in [4.78, 5) is 19.0. The van der Waals surface area contributed by atoms with Gasteiger partial charge in [0.2, 0.25) is 0 Å². The normalized spacial score (nSPS) is 17.4. The Morgan fingerprint density at radius 2 is 2.20 bits per heavy atom. The van der Waals surface area contributed by atoms with Crippen molar-refractivity contribution >= 4 is 17.3 Å². The summed E-state index contributed by atoms with van der Waals surface area (Å²) in [6.45, 7) is 8.14. The monoisotopic (exact) mass is 337 g/mol. The van der Waals surface area contributed by atoms with E-state index in [0.717, 1.165) is 37.3 Å². The van der Waals surface area contributed by atoms with Crippen LogP contribution in [0.3, 0.4) is 0 Å². The lowest BCUT2D eigenvalue weighted by atomic mass is 9.99. The predicted molar refractivity (Wildman–Crippen MR) is 102 cm³/mol. The molecule has 1 fully saturated rings. The average molecular weight is 337 g/mol. The fourth-order valence-corrected chi connectivity index (χ4v) is 3.53. The number of para-hydroxylation sites is 1. The van der Waals surface area contributed by atoms with Crippen LogP contribution >= 0.6 is 0 Å². The third-order valence-corrected chi connectivity index (χ3v) is 4.94. The first-order valence-electron chi connectivity index (χ1n) is 9.18. The molecule has 132 valence electrons. The quantitative estimate of drug-likeness (QED) is 0.889. The zero-order valence-electron chi connectivity index (χ0n) is 15.4. The molecule has 0 radical (unpaired) electrons. The van der Waals surface area contributed by atoms with E-state index in [4.69, 9.17) is 0 Å². The van der Waals surface area contributed by atoms with Gasteiger partial charge in [0, 0.05) is 25.0 Å². The van der Waals surface area contributed by atoms with Crippen molar-refractivity contribution in [2.75, 3.05) is 18.4 Å². The SMILES string of the molecule is CCc1cccc(C)c1Nc1cncc(C(=O)N2CCCC(C)C2)c1. The van der Waals surface area contributed by atoms with Crippen LogP contribution in [0.25, 0.3) is 0 Å². The number of hydrogen-bond donors (Lipinski definition) is 1. The van der Waals surface area contributed by atoms with Crippen LogP contribution in [0, 0.1) is 12.8 Å². The molecular weight excluding hydrogens is 310 g/mol. The second-order valence-corrected chi connectivity index (χ2v) is 7.05. The van der Waals surface area contributed by atoms with Gasteiger partial charge in [-0.15, -0.1) is 0 Å². The fraction of sp³-hybridized carbons (Fsp3) is 0.429. The summed E-state index contributed by atoms with van der Waals surface area (Å²) in [6.07, 6.45) is 6.70. The van der Waals surface area contributed by atoms with Crippen LogP contribution in [0.4, 0.5) is 11.4 Å². The molecule has 4 nitrogen and oxygen atoms in total. The minimum Gasteiger partial charge on any atom is -0.354 e. The minimum atomic E-state index is 0.0863. The number of likely N-dealkylation sites (tertiary alicyclic amines) is 1. The van der Waals surface area contributed by atoms with Crippen molar-refractivity contribution in [3.05, 3.63) is 53.3 Å². The van der Waals surface area contributed by atoms with Crippen molar-refractivity contribution in [1.82, 2.24) is 9.88 Å². The summed E-state index contributed by atoms with van der Waals surface area (Å²) in [5.41, 5.74) is 5.09. The number of aromatic nitrogens is 1. The average Bonchev–Trinajstić information content (AvgIpc) is 2.63. The van der Waals surface area contributed by atoms with Gasteiger partial charge in [0.25, 0.3) is 5.91 Å². The van der Waals surface area contributed by atoms with Gasteiger partial charge in [-0.25, -0.2) is 0 Å². The molecule has 0 aliphatic carbocycles. The van der Waals surface area contributed by atoms with Crippen molar-refractivity contribution in [2.45, 2.75) is 40.0 Å². The minimum absolute atomic E-state index is 0.0863. The van der Waals surface area contributed by atoms with Gasteiger partial charge in [-0.05, 0) is 49.3 Å². The molecule has 2 aromatic rings. The standard InChI is InChI=1S/C21H27N3O/c1-4-17-9-5-8-16(3)20(17)23-19-11-18(12-22-13-19)21(25)24-10-6-7-15(2)14-24/h5,8-9,11-13,15,23H,4,6-7,10,14H2,1-3H3. The maximum absolute atomic E-state index is 12.8. The number of nitrogens with zero attached hydrogens (tertiary/aromatic N) is 2. The molecule has 1 amide bonds. The molecule has 1 aliphatic heterocycles. The first kappa shape index (κ1) is 17.5. The van der Waals surface area contributed by atoms with Gasteiger partial charge in [0.05, 0.1) is 17.4 Å². The van der Waals surface area contributed by atoms with Crippen LogP contribution in [-0.2, 0) is 6.42 Å². The third kappa shape index (κ3) is 4.01. The van der Waals surface area contributed by atoms with Gasteiger partial charge >= 0.3 is 0 Å². The van der Waals surface area contributed by atoms with E-state index in [1.807, 2.05) is 11.0 Å². The molecule has 1 saturated heterocycles. The number of rotatable bonds is 4. The first-order valence-corrected chi connectivity index (χ1v) is 9.18. The van der Waals surface area contributed by atoms with E-state index in [0.29, 0.717) is 11.5 Å². The number of nitrogens with one attached hydrogen (secondary N) is 1. The number of benzene rings is 1. The second-order valence-electron chi connectivity index (χ2n) is 7.05. The highest BCUT2D eigenvalue weighted by Crippen LogP contribution is 2.26. The van der Waals surface area contributed by atoms with Gasteiger partial charge < -0.3 is 10.2 Å². The number of hydrogen-bond acceptors (Lipinski definition) is 3. The molecule has 1 aromatic heterocycles. The van der Waals surface area contributed by atoms with Crippen molar-refractivity contribution in [2.24, 2.45) is 5.92 Å². The maximum atomic E-state index is 12.8. The van der Waals surface area contributed by atoms with E-state index in [1.54, 1.807) is 12.4 Å². The molecule has 1 aromatic carbocycles. The summed E-state index contributed by atoms with van der Waals surface area (Å²) in [5, 5.41) is 3.47. The van der Waals surface area contributed by atoms with Gasteiger partial charge in [-0.2, -0.15) is 0 Å². The molecule has 25 heavy (non-hydrogen) atoms. The van der Waals surface area contributed by atoms with Gasteiger partial charge in [-0.1, -0.05) is 32.0 Å². The molecule has 1 aliphatic rings. The zero-order valence-corrected chi connectivity index (χ0v) is 15.4. The zero-order chi connectivity index (χ0) is 17.8. The predicted octanol–water partition coefficient (Wildman–Crippen LogP) is 4.57. The Morgan fingerprint density at radius 3 is 2.96 bits per heavy atom. The number of pyridine rings is 1. The maximum Gasteiger partial charge on any atom is 0.255 e.